The summed E-state index contributed by atoms with van der Waals surface area (Å²) in [6.07, 6.45) is 1.09. The first-order chi connectivity index (χ1) is 9.63. The van der Waals surface area contributed by atoms with E-state index in [1.54, 1.807) is 0 Å². The molecule has 0 N–H and O–H groups in total. The highest BCUT2D eigenvalue weighted by atomic mass is 15.1. The van der Waals surface area contributed by atoms with Crippen molar-refractivity contribution in [2.75, 3.05) is 18.0 Å². The summed E-state index contributed by atoms with van der Waals surface area (Å²) in [5, 5.41) is 0. The van der Waals surface area contributed by atoms with Gasteiger partial charge in [0, 0.05) is 18.8 Å². The van der Waals surface area contributed by atoms with E-state index in [0.29, 0.717) is 0 Å². The average Bonchev–Trinajstić information content (AvgIpc) is 2.79. The van der Waals surface area contributed by atoms with E-state index in [0.717, 1.165) is 19.5 Å². The number of aryl methyl sites for hydroxylation is 2. The first-order valence-corrected chi connectivity index (χ1v) is 7.62. The molecule has 3 rings (SSSR count). The van der Waals surface area contributed by atoms with Crippen LogP contribution in [0.3, 0.4) is 0 Å². The molecule has 0 atom stereocenters. The van der Waals surface area contributed by atoms with Crippen molar-refractivity contribution in [2.24, 2.45) is 0 Å². The van der Waals surface area contributed by atoms with Gasteiger partial charge in [0.15, 0.2) is 0 Å². The molecule has 0 unspecified atom stereocenters. The number of hydrogen-bond donors (Lipinski definition) is 0. The van der Waals surface area contributed by atoms with Crippen molar-refractivity contribution in [3.63, 3.8) is 0 Å². The van der Waals surface area contributed by atoms with Crippen LogP contribution in [0.2, 0.25) is 0 Å². The first kappa shape index (κ1) is 13.2. The van der Waals surface area contributed by atoms with Crippen LogP contribution in [-0.4, -0.2) is 13.1 Å². The second-order valence-corrected chi connectivity index (χ2v) is 5.80. The van der Waals surface area contributed by atoms with Crippen molar-refractivity contribution in [2.45, 2.75) is 34.1 Å². The number of anilines is 1. The minimum atomic E-state index is 1.06. The van der Waals surface area contributed by atoms with Gasteiger partial charge in [-0.1, -0.05) is 23.8 Å². The van der Waals surface area contributed by atoms with Crippen molar-refractivity contribution in [3.05, 3.63) is 52.6 Å². The topological polar surface area (TPSA) is 3.24 Å². The smallest absolute Gasteiger partial charge is 0.0372 e. The third-order valence-electron chi connectivity index (χ3n) is 4.50. The van der Waals surface area contributed by atoms with Crippen LogP contribution in [0, 0.1) is 13.8 Å². The molecular formula is C19H23N. The van der Waals surface area contributed by atoms with Gasteiger partial charge in [0.05, 0.1) is 0 Å². The second-order valence-electron chi connectivity index (χ2n) is 5.80. The largest absolute Gasteiger partial charge is 0.372 e. The van der Waals surface area contributed by atoms with Gasteiger partial charge in [-0.2, -0.15) is 0 Å². The zero-order valence-corrected chi connectivity index (χ0v) is 13.0. The monoisotopic (exact) mass is 265 g/mol. The maximum Gasteiger partial charge on any atom is 0.0372 e. The van der Waals surface area contributed by atoms with E-state index >= 15 is 0 Å². The lowest BCUT2D eigenvalue weighted by Crippen LogP contribution is -2.21. The predicted octanol–water partition coefficient (Wildman–Crippen LogP) is 4.72. The van der Waals surface area contributed by atoms with Crippen LogP contribution in [0.15, 0.2) is 30.3 Å². The Kier molecular flexibility index (Phi) is 3.29. The van der Waals surface area contributed by atoms with Crippen molar-refractivity contribution < 1.29 is 0 Å². The first-order valence-electron chi connectivity index (χ1n) is 7.62. The molecule has 0 fully saturated rings. The van der Waals surface area contributed by atoms with E-state index in [1.807, 2.05) is 0 Å². The molecule has 104 valence electrons. The molecule has 0 saturated carbocycles. The van der Waals surface area contributed by atoms with E-state index in [9.17, 15) is 0 Å². The zero-order chi connectivity index (χ0) is 14.3. The van der Waals surface area contributed by atoms with E-state index in [-0.39, 0.29) is 0 Å². The Morgan fingerprint density at radius 3 is 2.40 bits per heavy atom. The van der Waals surface area contributed by atoms with Crippen LogP contribution in [0.5, 0.6) is 0 Å². The Labute approximate surface area is 122 Å². The standard InChI is InChI=1S/C19H23N/c1-5-20(6-2)16-8-7-15-11-17-14(4)9-13(3)10-19(17)18(15)12-16/h7-10,12H,5-6,11H2,1-4H3. The highest BCUT2D eigenvalue weighted by Gasteiger charge is 2.21. The molecule has 0 spiro atoms. The van der Waals surface area contributed by atoms with E-state index in [4.69, 9.17) is 0 Å². The molecule has 0 bridgehead atoms. The molecule has 1 aliphatic carbocycles. The van der Waals surface area contributed by atoms with Gasteiger partial charge in [0.2, 0.25) is 0 Å². The normalized spacial score (nSPS) is 12.2. The van der Waals surface area contributed by atoms with Gasteiger partial charge < -0.3 is 4.90 Å². The summed E-state index contributed by atoms with van der Waals surface area (Å²) in [5.41, 5.74) is 10.0. The zero-order valence-electron chi connectivity index (χ0n) is 13.0. The fourth-order valence-electron chi connectivity index (χ4n) is 3.42. The number of fused-ring (bicyclic) bond motifs is 3. The Morgan fingerprint density at radius 1 is 0.950 bits per heavy atom. The van der Waals surface area contributed by atoms with Crippen LogP contribution < -0.4 is 4.90 Å². The third kappa shape index (κ3) is 2.02. The molecule has 0 aromatic heterocycles. The highest BCUT2D eigenvalue weighted by molar-refractivity contribution is 5.81. The maximum atomic E-state index is 2.42. The van der Waals surface area contributed by atoms with Gasteiger partial charge in [-0.15, -0.1) is 0 Å². The molecule has 1 heteroatoms. The maximum absolute atomic E-state index is 2.42. The van der Waals surface area contributed by atoms with Crippen molar-refractivity contribution in [3.8, 4) is 11.1 Å². The van der Waals surface area contributed by atoms with Crippen LogP contribution in [0.25, 0.3) is 11.1 Å². The summed E-state index contributed by atoms with van der Waals surface area (Å²) in [5.74, 6) is 0. The molecule has 20 heavy (non-hydrogen) atoms. The summed E-state index contributed by atoms with van der Waals surface area (Å²) < 4.78 is 0. The highest BCUT2D eigenvalue weighted by Crippen LogP contribution is 2.40. The van der Waals surface area contributed by atoms with Crippen molar-refractivity contribution in [1.82, 2.24) is 0 Å². The number of hydrogen-bond acceptors (Lipinski definition) is 1. The summed E-state index contributed by atoms with van der Waals surface area (Å²) in [7, 11) is 0. The summed E-state index contributed by atoms with van der Waals surface area (Å²) in [6, 6.07) is 11.6. The molecule has 0 heterocycles. The van der Waals surface area contributed by atoms with Crippen molar-refractivity contribution >= 4 is 5.69 Å². The second kappa shape index (κ2) is 4.97. The minimum Gasteiger partial charge on any atom is -0.372 e. The molecular weight excluding hydrogens is 242 g/mol. The third-order valence-corrected chi connectivity index (χ3v) is 4.50. The molecule has 2 aromatic carbocycles. The molecule has 0 radical (unpaired) electrons. The van der Waals surface area contributed by atoms with Crippen LogP contribution >= 0.6 is 0 Å². The average molecular weight is 265 g/mol. The lowest BCUT2D eigenvalue weighted by molar-refractivity contribution is 0.866. The van der Waals surface area contributed by atoms with Crippen LogP contribution in [0.4, 0.5) is 5.69 Å². The summed E-state index contributed by atoms with van der Waals surface area (Å²) >= 11 is 0. The van der Waals surface area contributed by atoms with Gasteiger partial charge in [-0.05, 0) is 74.1 Å². The molecule has 2 aromatic rings. The lowest BCUT2D eigenvalue weighted by atomic mass is 9.99. The number of nitrogens with zero attached hydrogens (tertiary/aromatic N) is 1. The molecule has 1 nitrogen and oxygen atoms in total. The summed E-state index contributed by atoms with van der Waals surface area (Å²) in [6.45, 7) is 11.0. The van der Waals surface area contributed by atoms with Crippen LogP contribution in [0.1, 0.15) is 36.1 Å². The van der Waals surface area contributed by atoms with E-state index in [2.05, 4.69) is 62.9 Å². The fraction of sp³-hybridized carbons (Fsp3) is 0.368. The predicted molar refractivity (Wildman–Crippen MR) is 87.7 cm³/mol. The van der Waals surface area contributed by atoms with Gasteiger partial charge in [-0.3, -0.25) is 0 Å². The van der Waals surface area contributed by atoms with Gasteiger partial charge in [-0.25, -0.2) is 0 Å². The van der Waals surface area contributed by atoms with Crippen LogP contribution in [-0.2, 0) is 6.42 Å². The number of rotatable bonds is 3. The van der Waals surface area contributed by atoms with Gasteiger partial charge >= 0.3 is 0 Å². The van der Waals surface area contributed by atoms with Crippen molar-refractivity contribution in [1.29, 1.82) is 0 Å². The minimum absolute atomic E-state index is 1.06. The Hall–Kier alpha value is -1.76. The fourth-order valence-corrected chi connectivity index (χ4v) is 3.42. The quantitative estimate of drug-likeness (QED) is 0.662. The molecule has 0 aliphatic heterocycles. The number of benzene rings is 2. The molecule has 1 aliphatic rings. The SMILES string of the molecule is CCN(CC)c1ccc2c(c1)-c1cc(C)cc(C)c1C2. The van der Waals surface area contributed by atoms with E-state index in [1.165, 1.54) is 39.1 Å². The van der Waals surface area contributed by atoms with E-state index < -0.39 is 0 Å². The van der Waals surface area contributed by atoms with Gasteiger partial charge in [0.25, 0.3) is 0 Å². The lowest BCUT2D eigenvalue weighted by Gasteiger charge is -2.21. The molecule has 0 amide bonds. The molecule has 0 saturated heterocycles. The van der Waals surface area contributed by atoms with Gasteiger partial charge in [0.1, 0.15) is 0 Å². The summed E-state index contributed by atoms with van der Waals surface area (Å²) in [4.78, 5) is 2.42. The Bertz CT molecular complexity index is 651. The Morgan fingerprint density at radius 2 is 1.70 bits per heavy atom. The Balaban J connectivity index is 2.13.